The van der Waals surface area contributed by atoms with Gasteiger partial charge in [0.25, 0.3) is 0 Å². The van der Waals surface area contributed by atoms with Crippen LogP contribution in [0, 0.1) is 6.92 Å². The van der Waals surface area contributed by atoms with Gasteiger partial charge in [-0.3, -0.25) is 0 Å². The lowest BCUT2D eigenvalue weighted by molar-refractivity contribution is -0.134. The first-order chi connectivity index (χ1) is 7.54. The molecule has 0 aliphatic heterocycles. The molecule has 0 unspecified atom stereocenters. The maximum atomic E-state index is 12.1. The number of aryl methyl sites for hydroxylation is 1. The number of nitrogens with zero attached hydrogens (tertiary/aromatic N) is 1. The quantitative estimate of drug-likeness (QED) is 0.839. The smallest absolute Gasteiger partial charge is 0.207 e. The fourth-order valence-electron chi connectivity index (χ4n) is 1.19. The van der Waals surface area contributed by atoms with E-state index in [-0.39, 0.29) is 4.90 Å². The molecule has 0 atom stereocenters. The molecule has 0 fully saturated rings. The summed E-state index contributed by atoms with van der Waals surface area (Å²) in [6.45, 7) is 0.0476. The van der Waals surface area contributed by atoms with Crippen molar-refractivity contribution >= 4 is 37.3 Å². The van der Waals surface area contributed by atoms with Gasteiger partial charge < -0.3 is 0 Å². The highest BCUT2D eigenvalue weighted by molar-refractivity contribution is 9.11. The molecule has 0 aliphatic rings. The van der Waals surface area contributed by atoms with Crippen molar-refractivity contribution < 1.29 is 21.6 Å². The summed E-state index contributed by atoms with van der Waals surface area (Å²) in [6, 6.07) is 1.31. The summed E-state index contributed by atoms with van der Waals surface area (Å²) in [6.07, 6.45) is -4.55. The lowest BCUT2D eigenvalue weighted by Crippen LogP contribution is -2.35. The average molecular weight is 352 g/mol. The van der Waals surface area contributed by atoms with Crippen LogP contribution >= 0.6 is 27.3 Å². The molecular weight excluding hydrogens is 343 g/mol. The zero-order valence-electron chi connectivity index (χ0n) is 8.88. The first kappa shape index (κ1) is 14.9. The summed E-state index contributed by atoms with van der Waals surface area (Å²) in [7, 11) is -3.18. The Hall–Kier alpha value is -0.120. The van der Waals surface area contributed by atoms with Crippen molar-refractivity contribution in [3.8, 4) is 0 Å². The predicted molar refractivity (Wildman–Crippen MR) is 62.6 cm³/mol. The fraction of sp³-hybridized carbons (Fsp3) is 0.500. The highest BCUT2D eigenvalue weighted by Crippen LogP contribution is 2.32. The van der Waals surface area contributed by atoms with Crippen molar-refractivity contribution in [1.82, 2.24) is 4.31 Å². The highest BCUT2D eigenvalue weighted by atomic mass is 79.9. The number of sulfonamides is 1. The van der Waals surface area contributed by atoms with Gasteiger partial charge in [-0.1, -0.05) is 0 Å². The Labute approximate surface area is 109 Å². The Morgan fingerprint density at radius 1 is 1.47 bits per heavy atom. The van der Waals surface area contributed by atoms with Crippen LogP contribution in [0.5, 0.6) is 0 Å². The number of hydrogen-bond acceptors (Lipinski definition) is 3. The third kappa shape index (κ3) is 3.67. The van der Waals surface area contributed by atoms with Crippen LogP contribution in [-0.4, -0.2) is 32.5 Å². The van der Waals surface area contributed by atoms with Gasteiger partial charge in [-0.05, 0) is 28.9 Å². The Bertz CT molecular complexity index is 509. The second kappa shape index (κ2) is 4.87. The molecule has 0 saturated carbocycles. The molecule has 9 heteroatoms. The van der Waals surface area contributed by atoms with Crippen LogP contribution in [-0.2, 0) is 10.0 Å². The maximum absolute atomic E-state index is 12.1. The molecule has 0 saturated heterocycles. The average Bonchev–Trinajstić information content (AvgIpc) is 2.42. The van der Waals surface area contributed by atoms with Gasteiger partial charge in [-0.2, -0.15) is 17.5 Å². The molecule has 1 rings (SSSR count). The normalized spacial score (nSPS) is 13.4. The van der Waals surface area contributed by atoms with Crippen molar-refractivity contribution in [3.63, 3.8) is 0 Å². The highest BCUT2D eigenvalue weighted by Gasteiger charge is 2.35. The van der Waals surface area contributed by atoms with Gasteiger partial charge in [0.2, 0.25) is 10.0 Å². The minimum Gasteiger partial charge on any atom is -0.207 e. The second-order valence-corrected chi connectivity index (χ2v) is 8.00. The van der Waals surface area contributed by atoms with Gasteiger partial charge in [0.15, 0.2) is 0 Å². The van der Waals surface area contributed by atoms with Crippen molar-refractivity contribution in [2.45, 2.75) is 18.0 Å². The van der Waals surface area contributed by atoms with E-state index in [2.05, 4.69) is 15.9 Å². The Balaban J connectivity index is 3.08. The van der Waals surface area contributed by atoms with E-state index in [4.69, 9.17) is 0 Å². The molecule has 1 aromatic heterocycles. The van der Waals surface area contributed by atoms with Gasteiger partial charge >= 0.3 is 6.18 Å². The lowest BCUT2D eigenvalue weighted by Gasteiger charge is -2.18. The van der Waals surface area contributed by atoms with Crippen molar-refractivity contribution in [2.24, 2.45) is 0 Å². The number of alkyl halides is 3. The molecule has 98 valence electrons. The van der Waals surface area contributed by atoms with Gasteiger partial charge in [0.1, 0.15) is 6.54 Å². The second-order valence-electron chi connectivity index (χ2n) is 3.35. The van der Waals surface area contributed by atoms with Gasteiger partial charge in [0.05, 0.1) is 8.68 Å². The molecule has 1 aromatic rings. The van der Waals surface area contributed by atoms with Crippen LogP contribution in [0.4, 0.5) is 13.2 Å². The summed E-state index contributed by atoms with van der Waals surface area (Å²) in [5, 5.41) is 0. The summed E-state index contributed by atoms with van der Waals surface area (Å²) in [5.74, 6) is 0. The number of rotatable bonds is 3. The van der Waals surface area contributed by atoms with E-state index < -0.39 is 22.7 Å². The predicted octanol–water partition coefficient (Wildman–Crippen LogP) is 3.00. The Morgan fingerprint density at radius 3 is 2.35 bits per heavy atom. The van der Waals surface area contributed by atoms with Crippen molar-refractivity contribution in [1.29, 1.82) is 0 Å². The third-order valence-corrected chi connectivity index (χ3v) is 5.54. The number of thiophene rings is 1. The van der Waals surface area contributed by atoms with E-state index in [0.717, 1.165) is 18.4 Å². The van der Waals surface area contributed by atoms with E-state index in [1.54, 1.807) is 6.92 Å². The molecule has 0 aromatic carbocycles. The van der Waals surface area contributed by atoms with Crippen LogP contribution in [0.15, 0.2) is 14.7 Å². The molecule has 17 heavy (non-hydrogen) atoms. The minimum absolute atomic E-state index is 0.0962. The first-order valence-corrected chi connectivity index (χ1v) is 7.38. The Kier molecular flexibility index (Phi) is 4.28. The van der Waals surface area contributed by atoms with Crippen molar-refractivity contribution in [3.05, 3.63) is 14.7 Å². The van der Waals surface area contributed by atoms with E-state index in [1.807, 2.05) is 0 Å². The van der Waals surface area contributed by atoms with Crippen LogP contribution in [0.3, 0.4) is 0 Å². The first-order valence-electron chi connectivity index (χ1n) is 4.33. The zero-order valence-corrected chi connectivity index (χ0v) is 12.1. The monoisotopic (exact) mass is 351 g/mol. The summed E-state index contributed by atoms with van der Waals surface area (Å²) >= 11 is 4.26. The largest absolute Gasteiger partial charge is 0.402 e. The number of halogens is 4. The SMILES string of the molecule is Cc1sc(Br)cc1S(=O)(=O)N(C)CC(F)(F)F. The van der Waals surface area contributed by atoms with Crippen LogP contribution in [0.2, 0.25) is 0 Å². The fourth-order valence-corrected chi connectivity index (χ4v) is 4.73. The molecule has 0 aliphatic carbocycles. The number of hydrogen-bond donors (Lipinski definition) is 0. The molecule has 1 heterocycles. The summed E-state index contributed by atoms with van der Waals surface area (Å²) in [5.41, 5.74) is 0. The maximum Gasteiger partial charge on any atom is 0.402 e. The summed E-state index contributed by atoms with van der Waals surface area (Å²) in [4.78, 5) is 0.354. The third-order valence-electron chi connectivity index (χ3n) is 1.93. The van der Waals surface area contributed by atoms with Crippen LogP contribution < -0.4 is 0 Å². The zero-order chi connectivity index (χ0) is 13.4. The minimum atomic E-state index is -4.55. The van der Waals surface area contributed by atoms with E-state index in [1.165, 1.54) is 6.07 Å². The molecular formula is C8H9BrF3NO2S2. The molecule has 0 radical (unpaired) electrons. The Morgan fingerprint density at radius 2 is 2.00 bits per heavy atom. The van der Waals surface area contributed by atoms with Crippen LogP contribution in [0.1, 0.15) is 4.88 Å². The standard InChI is InChI=1S/C8H9BrF3NO2S2/c1-5-6(3-7(9)16-5)17(14,15)13(2)4-8(10,11)12/h3H,4H2,1-2H3. The topological polar surface area (TPSA) is 37.4 Å². The van der Waals surface area contributed by atoms with Crippen LogP contribution in [0.25, 0.3) is 0 Å². The van der Waals surface area contributed by atoms with E-state index in [0.29, 0.717) is 13.0 Å². The molecule has 0 N–H and O–H groups in total. The van der Waals surface area contributed by atoms with E-state index in [9.17, 15) is 21.6 Å². The van der Waals surface area contributed by atoms with Gasteiger partial charge in [0, 0.05) is 11.9 Å². The van der Waals surface area contributed by atoms with Gasteiger partial charge in [-0.15, -0.1) is 11.3 Å². The molecule has 0 bridgehead atoms. The van der Waals surface area contributed by atoms with Gasteiger partial charge in [-0.25, -0.2) is 8.42 Å². The molecule has 0 spiro atoms. The summed E-state index contributed by atoms with van der Waals surface area (Å²) < 4.78 is 61.0. The van der Waals surface area contributed by atoms with E-state index >= 15 is 0 Å². The molecule has 3 nitrogen and oxygen atoms in total. The lowest BCUT2D eigenvalue weighted by atomic mass is 10.5. The molecule has 0 amide bonds. The van der Waals surface area contributed by atoms with Crippen molar-refractivity contribution in [2.75, 3.05) is 13.6 Å².